The van der Waals surface area contributed by atoms with Crippen molar-refractivity contribution in [1.29, 1.82) is 0 Å². The summed E-state index contributed by atoms with van der Waals surface area (Å²) in [5.74, 6) is 7.50. The van der Waals surface area contributed by atoms with Crippen LogP contribution in [0.3, 0.4) is 0 Å². The number of imidazole rings is 1. The van der Waals surface area contributed by atoms with Gasteiger partial charge in [0.05, 0.1) is 11.4 Å². The molecule has 7 aromatic rings. The molecule has 0 radical (unpaired) electrons. The molecule has 9 rings (SSSR count). The number of para-hydroxylation sites is 1. The molecule has 0 N–H and O–H groups in total. The fraction of sp³-hybridized carbons (Fsp3) is 0.161. The first-order valence-electron chi connectivity index (χ1n) is 20.9. The monoisotopic (exact) mass is 748 g/mol. The van der Waals surface area contributed by atoms with Crippen molar-refractivity contribution in [2.24, 2.45) is 0 Å². The van der Waals surface area contributed by atoms with Gasteiger partial charge in [0.1, 0.15) is 5.82 Å². The Kier molecular flexibility index (Phi) is 10.2. The molecule has 0 atom stereocenters. The minimum Gasteiger partial charge on any atom is -0.293 e. The molecule has 0 saturated heterocycles. The van der Waals surface area contributed by atoms with Gasteiger partial charge in [-0.25, -0.2) is 4.98 Å². The Morgan fingerprint density at radius 2 is 1.64 bits per heavy atom. The Morgan fingerprint density at radius 1 is 0.810 bits per heavy atom. The van der Waals surface area contributed by atoms with Crippen LogP contribution < -0.4 is 10.4 Å². The van der Waals surface area contributed by atoms with Crippen LogP contribution in [0.1, 0.15) is 74.5 Å². The fourth-order valence-corrected chi connectivity index (χ4v) is 9.10. The summed E-state index contributed by atoms with van der Waals surface area (Å²) in [6.45, 7) is 11.5. The second kappa shape index (κ2) is 16.0. The van der Waals surface area contributed by atoms with Gasteiger partial charge in [-0.15, -0.1) is 0 Å². The molecular formula is C56H48N2. The second-order valence-corrected chi connectivity index (χ2v) is 15.2. The lowest BCUT2D eigenvalue weighted by atomic mass is 9.84. The van der Waals surface area contributed by atoms with E-state index in [1.807, 2.05) is 6.08 Å². The van der Waals surface area contributed by atoms with Crippen molar-refractivity contribution in [2.45, 2.75) is 59.3 Å². The first-order chi connectivity index (χ1) is 28.6. The van der Waals surface area contributed by atoms with Crippen molar-refractivity contribution in [2.75, 3.05) is 0 Å². The smallest absolute Gasteiger partial charge is 0.145 e. The average Bonchev–Trinajstić information content (AvgIpc) is 3.45. The summed E-state index contributed by atoms with van der Waals surface area (Å²) in [7, 11) is 0. The summed E-state index contributed by atoms with van der Waals surface area (Å²) in [4.78, 5) is 5.38. The van der Waals surface area contributed by atoms with Gasteiger partial charge in [-0.2, -0.15) is 0 Å². The lowest BCUT2D eigenvalue weighted by Crippen LogP contribution is -2.30. The third kappa shape index (κ3) is 6.48. The Morgan fingerprint density at radius 3 is 2.48 bits per heavy atom. The number of benzene rings is 6. The van der Waals surface area contributed by atoms with E-state index in [0.717, 1.165) is 60.1 Å². The van der Waals surface area contributed by atoms with Crippen LogP contribution in [0, 0.1) is 11.8 Å². The first-order valence-corrected chi connectivity index (χ1v) is 20.9. The van der Waals surface area contributed by atoms with E-state index in [1.165, 1.54) is 77.0 Å². The summed E-state index contributed by atoms with van der Waals surface area (Å²) >= 11 is 0. The second-order valence-electron chi connectivity index (χ2n) is 15.2. The van der Waals surface area contributed by atoms with Gasteiger partial charge in [0.25, 0.3) is 0 Å². The van der Waals surface area contributed by atoms with Crippen LogP contribution in [0.2, 0.25) is 0 Å². The van der Waals surface area contributed by atoms with Gasteiger partial charge < -0.3 is 0 Å². The molecule has 58 heavy (non-hydrogen) atoms. The zero-order chi connectivity index (χ0) is 39.6. The van der Waals surface area contributed by atoms with Crippen molar-refractivity contribution in [3.63, 3.8) is 0 Å². The number of hydrogen-bond donors (Lipinski definition) is 0. The maximum absolute atomic E-state index is 5.38. The Balaban J connectivity index is 1.33. The summed E-state index contributed by atoms with van der Waals surface area (Å²) in [5.41, 5.74) is 14.4. The van der Waals surface area contributed by atoms with E-state index in [1.54, 1.807) is 0 Å². The molecule has 0 unspecified atom stereocenters. The van der Waals surface area contributed by atoms with Gasteiger partial charge in [-0.05, 0) is 146 Å². The van der Waals surface area contributed by atoms with Gasteiger partial charge in [-0.3, -0.25) is 4.57 Å². The molecule has 0 bridgehead atoms. The summed E-state index contributed by atoms with van der Waals surface area (Å²) < 4.78 is 2.36. The average molecular weight is 749 g/mol. The molecule has 2 aliphatic carbocycles. The minimum atomic E-state index is 0.701. The normalized spacial score (nSPS) is 13.8. The van der Waals surface area contributed by atoms with Crippen molar-refractivity contribution >= 4 is 51.9 Å². The van der Waals surface area contributed by atoms with E-state index in [4.69, 9.17) is 11.6 Å². The summed E-state index contributed by atoms with van der Waals surface area (Å²) in [6.07, 6.45) is 23.4. The first kappa shape index (κ1) is 36.9. The third-order valence-electron chi connectivity index (χ3n) is 11.7. The van der Waals surface area contributed by atoms with E-state index >= 15 is 0 Å². The van der Waals surface area contributed by atoms with Crippen LogP contribution in [0.15, 0.2) is 134 Å². The zero-order valence-electron chi connectivity index (χ0n) is 33.8. The third-order valence-corrected chi connectivity index (χ3v) is 11.7. The predicted molar refractivity (Wildman–Crippen MR) is 250 cm³/mol. The standard InChI is InChI=1S/C56H48N2/c1-5-8-28-44-38(4)54(40-23-12-9-10-13-24-40)51-37-41(33-34-49(51)55(44)48-30-20-25-39-22-16-17-29-45(39)48)46-35-36-50(43(7-3)47(46)21-6-2)56-57-52-31-18-19-32-53(52)58(56)42-26-14-11-15-27-42/h6,11-12,14-17,19-30,32-37H,4-5,7-8,13,18,31H2,1-3H3/b21-6-,44-28+. The minimum absolute atomic E-state index is 0.701. The molecule has 6 aromatic carbocycles. The molecule has 1 heterocycles. The van der Waals surface area contributed by atoms with Gasteiger partial charge >= 0.3 is 0 Å². The zero-order valence-corrected chi connectivity index (χ0v) is 33.8. The maximum Gasteiger partial charge on any atom is 0.145 e. The molecule has 2 nitrogen and oxygen atoms in total. The molecule has 282 valence electrons. The number of allylic oxidation sites excluding steroid dienone is 6. The lowest BCUT2D eigenvalue weighted by Gasteiger charge is -2.20. The van der Waals surface area contributed by atoms with Crippen LogP contribution >= 0.6 is 0 Å². The quantitative estimate of drug-likeness (QED) is 0.134. The molecular weight excluding hydrogens is 701 g/mol. The van der Waals surface area contributed by atoms with Crippen molar-refractivity contribution < 1.29 is 0 Å². The highest BCUT2D eigenvalue weighted by atomic mass is 15.1. The van der Waals surface area contributed by atoms with E-state index in [2.05, 4.69) is 183 Å². The van der Waals surface area contributed by atoms with Crippen LogP contribution in [0.25, 0.3) is 91.3 Å². The van der Waals surface area contributed by atoms with Gasteiger partial charge in [0, 0.05) is 17.7 Å². The lowest BCUT2D eigenvalue weighted by molar-refractivity contribution is 0.936. The number of hydrogen-bond acceptors (Lipinski definition) is 1. The molecule has 1 aromatic heterocycles. The largest absolute Gasteiger partial charge is 0.293 e. The molecule has 0 spiro atoms. The Hall–Kier alpha value is -6.69. The molecule has 0 aliphatic heterocycles. The number of aryl methyl sites for hydroxylation is 1. The number of aromatic nitrogens is 2. The number of fused-ring (bicyclic) bond motifs is 3. The highest BCUT2D eigenvalue weighted by Gasteiger charge is 2.24. The van der Waals surface area contributed by atoms with Gasteiger partial charge in [-0.1, -0.05) is 154 Å². The van der Waals surface area contributed by atoms with Crippen molar-refractivity contribution in [1.82, 2.24) is 9.55 Å². The van der Waals surface area contributed by atoms with Gasteiger partial charge in [0.15, 0.2) is 0 Å². The highest BCUT2D eigenvalue weighted by Crippen LogP contribution is 2.41. The molecule has 0 fully saturated rings. The maximum atomic E-state index is 5.38. The molecule has 2 aliphatic rings. The van der Waals surface area contributed by atoms with Gasteiger partial charge in [0.2, 0.25) is 0 Å². The molecule has 0 saturated carbocycles. The SMILES string of the molecule is C=c1c(C2=CCC#CC=C2)c2cc(-c3ccc(-c4nc5c(n4-c4ccccc4)C=CCC5)c(CC)c3/C=C\C)ccc2c(-c2cccc3ccccc23)/c1=C/CCC. The Labute approximate surface area is 342 Å². The van der Waals surface area contributed by atoms with Crippen LogP contribution in [-0.4, -0.2) is 9.55 Å². The highest BCUT2D eigenvalue weighted by molar-refractivity contribution is 6.10. The van der Waals surface area contributed by atoms with E-state index in [0.29, 0.717) is 6.42 Å². The van der Waals surface area contributed by atoms with Crippen molar-refractivity contribution in [3.05, 3.63) is 172 Å². The van der Waals surface area contributed by atoms with E-state index in [-0.39, 0.29) is 0 Å². The fourth-order valence-electron chi connectivity index (χ4n) is 9.10. The summed E-state index contributed by atoms with van der Waals surface area (Å²) in [5, 5.41) is 7.19. The number of nitrogens with zero attached hydrogens (tertiary/aromatic N) is 2. The molecule has 0 amide bonds. The summed E-state index contributed by atoms with van der Waals surface area (Å²) in [6, 6.07) is 37.9. The Bertz CT molecular complexity index is 3040. The van der Waals surface area contributed by atoms with Crippen molar-refractivity contribution in [3.8, 4) is 51.2 Å². The topological polar surface area (TPSA) is 17.8 Å². The van der Waals surface area contributed by atoms with Crippen LogP contribution in [0.4, 0.5) is 0 Å². The van der Waals surface area contributed by atoms with E-state index in [9.17, 15) is 0 Å². The molecule has 2 heteroatoms. The number of unbranched alkanes of at least 4 members (excludes halogenated alkanes) is 1. The number of rotatable bonds is 9. The predicted octanol–water partition coefficient (Wildman–Crippen LogP) is 13.1. The van der Waals surface area contributed by atoms with Crippen LogP contribution in [-0.2, 0) is 12.8 Å². The van der Waals surface area contributed by atoms with Crippen LogP contribution in [0.5, 0.6) is 0 Å². The van der Waals surface area contributed by atoms with E-state index < -0.39 is 0 Å².